The fourth-order valence-corrected chi connectivity index (χ4v) is 6.44. The Morgan fingerprint density at radius 1 is 0.492 bits per heavy atom. The van der Waals surface area contributed by atoms with Crippen molar-refractivity contribution in [2.45, 2.75) is 51.4 Å². The van der Waals surface area contributed by atoms with Gasteiger partial charge in [0.1, 0.15) is 46.2 Å². The van der Waals surface area contributed by atoms with E-state index in [1.165, 1.54) is 73.7 Å². The van der Waals surface area contributed by atoms with Gasteiger partial charge in [0.2, 0.25) is 0 Å². The first-order chi connectivity index (χ1) is 30.7. The van der Waals surface area contributed by atoms with E-state index in [-0.39, 0.29) is 144 Å². The molecule has 0 aromatic carbocycles. The molecular weight excluding hydrogens is 856 g/mol. The van der Waals surface area contributed by atoms with Crippen LogP contribution < -0.4 is 34.7 Å². The Bertz CT molecular complexity index is 2450. The molecule has 8 rings (SSSR count). The van der Waals surface area contributed by atoms with Crippen LogP contribution in [-0.4, -0.2) is 62.9 Å². The molecule has 0 bridgehead atoms. The van der Waals surface area contributed by atoms with Gasteiger partial charge < -0.3 is 27.9 Å². The Morgan fingerprint density at radius 2 is 0.831 bits per heavy atom. The van der Waals surface area contributed by atoms with E-state index < -0.39 is 29.2 Å². The second-order valence-corrected chi connectivity index (χ2v) is 14.1. The van der Waals surface area contributed by atoms with E-state index in [0.29, 0.717) is 23.0 Å². The van der Waals surface area contributed by atoms with Crippen molar-refractivity contribution in [2.24, 2.45) is 11.8 Å². The van der Waals surface area contributed by atoms with Gasteiger partial charge in [-0.1, -0.05) is 0 Å². The van der Waals surface area contributed by atoms with Gasteiger partial charge in [-0.05, 0) is 104 Å². The topological polar surface area (TPSA) is 267 Å². The standard InChI is InChI=1S/4C12H10O4.Na/c4*13-9(4-3-8-2-1-7-16-8)12-10(14)5-6-11(12)15;/h1-4,7,14H,5-6H2;1-4,7,13H,5-6H2;2*1-4,7,12H,5-6H2;/q;;;;+1/p-1/b4*4-3+;. The number of carbonyl (C=O) groups excluding carboxylic acids is 10. The van der Waals surface area contributed by atoms with Gasteiger partial charge in [0.25, 0.3) is 0 Å². The van der Waals surface area contributed by atoms with Gasteiger partial charge in [0.05, 0.1) is 30.6 Å². The molecule has 4 heterocycles. The third-order valence-electron chi connectivity index (χ3n) is 9.67. The van der Waals surface area contributed by atoms with Gasteiger partial charge >= 0.3 is 29.6 Å². The summed E-state index contributed by atoms with van der Waals surface area (Å²) in [6.07, 6.45) is 18.1. The summed E-state index contributed by atoms with van der Waals surface area (Å²) in [5.74, 6) is -4.24. The van der Waals surface area contributed by atoms with Crippen molar-refractivity contribution in [3.05, 3.63) is 144 Å². The maximum Gasteiger partial charge on any atom is 1.00 e. The van der Waals surface area contributed by atoms with Gasteiger partial charge in [-0.15, -0.1) is 5.76 Å². The third-order valence-corrected chi connectivity index (χ3v) is 9.67. The maximum absolute atomic E-state index is 11.6. The summed E-state index contributed by atoms with van der Waals surface area (Å²) in [5, 5.41) is 20.8. The first kappa shape index (κ1) is 50.5. The number of carbonyl (C=O) groups is 10. The predicted octanol–water partition coefficient (Wildman–Crippen LogP) is 2.70. The number of aliphatic hydroxyl groups is 1. The maximum atomic E-state index is 11.6. The van der Waals surface area contributed by atoms with Gasteiger partial charge in [-0.2, -0.15) is 0 Å². The minimum absolute atomic E-state index is 0. The zero-order valence-electron chi connectivity index (χ0n) is 34.9. The van der Waals surface area contributed by atoms with E-state index in [1.807, 2.05) is 0 Å². The van der Waals surface area contributed by atoms with Crippen LogP contribution in [-0.2, 0) is 47.9 Å². The smallest absolute Gasteiger partial charge is 0.875 e. The molecule has 0 aliphatic heterocycles. The largest absolute Gasteiger partial charge is 1.00 e. The average Bonchev–Trinajstić information content (AvgIpc) is 4.12. The molecule has 0 atom stereocenters. The van der Waals surface area contributed by atoms with Gasteiger partial charge in [0.15, 0.2) is 57.8 Å². The van der Waals surface area contributed by atoms with E-state index in [1.54, 1.807) is 48.5 Å². The Hall–Kier alpha value is -7.14. The van der Waals surface area contributed by atoms with Gasteiger partial charge in [0, 0.05) is 44.9 Å². The molecule has 3 fully saturated rings. The van der Waals surface area contributed by atoms with Crippen LogP contribution in [0.25, 0.3) is 24.3 Å². The summed E-state index contributed by atoms with van der Waals surface area (Å²) in [7, 11) is 0. The first-order valence-corrected chi connectivity index (χ1v) is 19.8. The molecule has 328 valence electrons. The monoisotopic (exact) mass is 894 g/mol. The van der Waals surface area contributed by atoms with E-state index >= 15 is 0 Å². The van der Waals surface area contributed by atoms with Crippen LogP contribution >= 0.6 is 0 Å². The molecule has 0 saturated heterocycles. The molecule has 4 aromatic rings. The molecule has 0 amide bonds. The second kappa shape index (κ2) is 24.6. The van der Waals surface area contributed by atoms with Crippen molar-refractivity contribution in [1.82, 2.24) is 0 Å². The molecule has 17 heteroatoms. The fraction of sp³-hybridized carbons (Fsp3) is 0.208. The average molecular weight is 895 g/mol. The summed E-state index contributed by atoms with van der Waals surface area (Å²) >= 11 is 0. The number of allylic oxidation sites excluding steroid dienone is 7. The molecule has 4 aliphatic rings. The Balaban J connectivity index is 0.000000189. The number of Topliss-reactive ketones (excluding diaryl/α,β-unsaturated/α-hetero) is 7. The van der Waals surface area contributed by atoms with Crippen molar-refractivity contribution in [3.63, 3.8) is 0 Å². The van der Waals surface area contributed by atoms with Crippen LogP contribution in [0, 0.1) is 11.8 Å². The van der Waals surface area contributed by atoms with Crippen LogP contribution in [0.5, 0.6) is 0 Å². The molecule has 16 nitrogen and oxygen atoms in total. The number of furan rings is 4. The molecule has 4 aromatic heterocycles. The van der Waals surface area contributed by atoms with Gasteiger partial charge in [-0.3, -0.25) is 47.9 Å². The Kier molecular flexibility index (Phi) is 19.1. The Morgan fingerprint density at radius 3 is 1.15 bits per heavy atom. The van der Waals surface area contributed by atoms with Crippen molar-refractivity contribution in [1.29, 1.82) is 0 Å². The number of ketones is 10. The van der Waals surface area contributed by atoms with E-state index in [0.717, 1.165) is 0 Å². The summed E-state index contributed by atoms with van der Waals surface area (Å²) in [4.78, 5) is 114. The number of hydrogen-bond acceptors (Lipinski definition) is 16. The zero-order valence-corrected chi connectivity index (χ0v) is 36.9. The third kappa shape index (κ3) is 14.4. The molecule has 3 saturated carbocycles. The summed E-state index contributed by atoms with van der Waals surface area (Å²) in [6, 6.07) is 13.5. The quantitative estimate of drug-likeness (QED) is 0.0746. The van der Waals surface area contributed by atoms with Crippen LogP contribution in [0.4, 0.5) is 0 Å². The van der Waals surface area contributed by atoms with Crippen molar-refractivity contribution >= 4 is 82.1 Å². The fourth-order valence-electron chi connectivity index (χ4n) is 6.44. The Labute approximate surface area is 392 Å². The SMILES string of the molecule is O=C(/C=C/c1ccco1)C1=C([O-])CCC1=O.O=C(/C=C/c1ccco1)C1C(=O)CCC1=O.O=C(/C=C/c1ccco1)C1C(=O)CCC1=O.O=C1CCC(=O)C1=C(O)/C=C/c1ccco1.[Na+]. The predicted molar refractivity (Wildman–Crippen MR) is 222 cm³/mol. The first-order valence-electron chi connectivity index (χ1n) is 19.8. The van der Waals surface area contributed by atoms with Gasteiger partial charge in [-0.25, -0.2) is 0 Å². The molecule has 0 spiro atoms. The molecule has 0 radical (unpaired) electrons. The van der Waals surface area contributed by atoms with E-state index in [4.69, 9.17) is 17.7 Å². The summed E-state index contributed by atoms with van der Waals surface area (Å²) in [5.41, 5.74) is -0.300. The van der Waals surface area contributed by atoms with Crippen LogP contribution in [0.3, 0.4) is 0 Å². The zero-order chi connectivity index (χ0) is 46.2. The van der Waals surface area contributed by atoms with E-state index in [9.17, 15) is 58.2 Å². The summed E-state index contributed by atoms with van der Waals surface area (Å²) < 4.78 is 20.0. The molecule has 65 heavy (non-hydrogen) atoms. The molecule has 0 unspecified atom stereocenters. The van der Waals surface area contributed by atoms with Crippen molar-refractivity contribution in [3.8, 4) is 0 Å². The summed E-state index contributed by atoms with van der Waals surface area (Å²) in [6.45, 7) is 0. The van der Waals surface area contributed by atoms with Crippen LogP contribution in [0.15, 0.2) is 138 Å². The normalized spacial score (nSPS) is 16.7. The molecule has 1 N–H and O–H groups in total. The second-order valence-electron chi connectivity index (χ2n) is 14.1. The molecular formula is C48H39NaO16. The van der Waals surface area contributed by atoms with E-state index in [2.05, 4.69) is 0 Å². The number of rotatable bonds is 11. The number of hydrogen-bond donors (Lipinski definition) is 1. The van der Waals surface area contributed by atoms with Crippen molar-refractivity contribution < 1.29 is 105 Å². The van der Waals surface area contributed by atoms with Crippen molar-refractivity contribution in [2.75, 3.05) is 0 Å². The van der Waals surface area contributed by atoms with Crippen LogP contribution in [0.1, 0.15) is 74.4 Å². The minimum atomic E-state index is -1.08. The number of aliphatic hydroxyl groups excluding tert-OH is 1. The molecule has 4 aliphatic carbocycles. The van der Waals surface area contributed by atoms with Crippen LogP contribution in [0.2, 0.25) is 0 Å². The minimum Gasteiger partial charge on any atom is -0.875 e.